The maximum atomic E-state index is 12.6. The molecule has 0 saturated heterocycles. The average molecular weight is 456 g/mol. The van der Waals surface area contributed by atoms with Crippen LogP contribution in [0, 0.1) is 0 Å². The van der Waals surface area contributed by atoms with Gasteiger partial charge in [-0.2, -0.15) is 4.52 Å². The van der Waals surface area contributed by atoms with Gasteiger partial charge in [0, 0.05) is 23.4 Å². The van der Waals surface area contributed by atoms with Gasteiger partial charge in [-0.05, 0) is 52.9 Å². The number of hydrogen-bond donors (Lipinski definition) is 2. The number of aromatic nitrogens is 5. The van der Waals surface area contributed by atoms with Crippen LogP contribution in [0.4, 0.5) is 11.5 Å². The molecule has 0 aliphatic rings. The van der Waals surface area contributed by atoms with Gasteiger partial charge in [0.15, 0.2) is 5.82 Å². The minimum atomic E-state index is -0.171. The molecule has 2 aromatic heterocycles. The highest BCUT2D eigenvalue weighted by Gasteiger charge is 2.12. The Balaban J connectivity index is 0.00000133. The molecule has 0 radical (unpaired) electrons. The maximum Gasteiger partial charge on any atom is 0.251 e. The van der Waals surface area contributed by atoms with Gasteiger partial charge < -0.3 is 15.4 Å². The van der Waals surface area contributed by atoms with E-state index in [1.807, 2.05) is 74.5 Å². The van der Waals surface area contributed by atoms with Gasteiger partial charge in [0.1, 0.15) is 5.75 Å². The molecular weight excluding hydrogens is 430 g/mol. The van der Waals surface area contributed by atoms with E-state index in [4.69, 9.17) is 4.74 Å². The molecule has 2 N–H and O–H groups in total. The summed E-state index contributed by atoms with van der Waals surface area (Å²) in [4.78, 5) is 17.2. The first kappa shape index (κ1) is 22.7. The van der Waals surface area contributed by atoms with Crippen LogP contribution < -0.4 is 15.4 Å². The number of nitrogens with zero attached hydrogens (tertiary/aromatic N) is 5. The molecule has 9 heteroatoms. The van der Waals surface area contributed by atoms with Crippen LogP contribution in [0.15, 0.2) is 72.8 Å². The van der Waals surface area contributed by atoms with Gasteiger partial charge in [-0.25, -0.2) is 4.98 Å². The smallest absolute Gasteiger partial charge is 0.251 e. The van der Waals surface area contributed by atoms with E-state index in [1.54, 1.807) is 23.8 Å². The summed E-state index contributed by atoms with van der Waals surface area (Å²) in [6.45, 7) is 4.38. The second-order valence-electron chi connectivity index (χ2n) is 7.06. The number of para-hydroxylation sites is 3. The van der Waals surface area contributed by atoms with Crippen molar-refractivity contribution in [1.82, 2.24) is 30.3 Å². The third-order valence-corrected chi connectivity index (χ3v) is 5.07. The van der Waals surface area contributed by atoms with Crippen molar-refractivity contribution in [3.8, 4) is 5.75 Å². The van der Waals surface area contributed by atoms with Crippen molar-refractivity contribution in [1.29, 1.82) is 0 Å². The predicted octanol–water partition coefficient (Wildman–Crippen LogP) is 4.38. The van der Waals surface area contributed by atoms with Gasteiger partial charge in [0.2, 0.25) is 5.65 Å². The largest absolute Gasteiger partial charge is 0.496 e. The number of tetrazole rings is 1. The SMILES string of the molecule is CC.COc1ccccc1CNC(=O)c1ccc(Nc2nc3ccccc3n3nnnc23)cc1. The Morgan fingerprint density at radius 3 is 2.50 bits per heavy atom. The summed E-state index contributed by atoms with van der Waals surface area (Å²) < 4.78 is 6.97. The van der Waals surface area contributed by atoms with E-state index in [2.05, 4.69) is 31.1 Å². The molecule has 0 unspecified atom stereocenters. The molecule has 5 aromatic rings. The normalized spacial score (nSPS) is 10.4. The number of nitrogens with one attached hydrogen (secondary N) is 2. The van der Waals surface area contributed by atoms with Crippen molar-refractivity contribution < 1.29 is 9.53 Å². The Morgan fingerprint density at radius 1 is 0.971 bits per heavy atom. The van der Waals surface area contributed by atoms with E-state index in [-0.39, 0.29) is 5.91 Å². The van der Waals surface area contributed by atoms with Crippen LogP contribution in [0.25, 0.3) is 16.7 Å². The fraction of sp³-hybridized carbons (Fsp3) is 0.160. The van der Waals surface area contributed by atoms with E-state index < -0.39 is 0 Å². The van der Waals surface area contributed by atoms with Gasteiger partial charge in [-0.15, -0.1) is 5.10 Å². The van der Waals surface area contributed by atoms with Crippen molar-refractivity contribution in [2.75, 3.05) is 12.4 Å². The maximum absolute atomic E-state index is 12.6. The summed E-state index contributed by atoms with van der Waals surface area (Å²) >= 11 is 0. The minimum Gasteiger partial charge on any atom is -0.496 e. The molecule has 34 heavy (non-hydrogen) atoms. The number of carbonyl (C=O) groups is 1. The fourth-order valence-electron chi connectivity index (χ4n) is 3.46. The van der Waals surface area contributed by atoms with E-state index in [1.165, 1.54) is 0 Å². The molecule has 5 rings (SSSR count). The van der Waals surface area contributed by atoms with Gasteiger partial charge in [-0.1, -0.05) is 44.2 Å². The zero-order valence-electron chi connectivity index (χ0n) is 19.2. The number of benzene rings is 3. The summed E-state index contributed by atoms with van der Waals surface area (Å²) in [5, 5.41) is 18.1. The molecule has 0 atom stereocenters. The number of anilines is 2. The number of carbonyl (C=O) groups excluding carboxylic acids is 1. The topological polar surface area (TPSA) is 106 Å². The van der Waals surface area contributed by atoms with Crippen LogP contribution in [0.3, 0.4) is 0 Å². The molecular formula is C25H25N7O2. The molecule has 0 aliphatic carbocycles. The number of fused-ring (bicyclic) bond motifs is 3. The zero-order chi connectivity index (χ0) is 23.9. The molecule has 0 bridgehead atoms. The van der Waals surface area contributed by atoms with Gasteiger partial charge >= 0.3 is 0 Å². The summed E-state index contributed by atoms with van der Waals surface area (Å²) in [6.07, 6.45) is 0. The highest BCUT2D eigenvalue weighted by atomic mass is 16.5. The molecule has 172 valence electrons. The lowest BCUT2D eigenvalue weighted by Gasteiger charge is -2.11. The van der Waals surface area contributed by atoms with E-state index in [0.717, 1.165) is 28.0 Å². The first-order chi connectivity index (χ1) is 16.7. The molecule has 2 heterocycles. The molecule has 0 aliphatic heterocycles. The monoisotopic (exact) mass is 455 g/mol. The van der Waals surface area contributed by atoms with Crippen LogP contribution in [0.2, 0.25) is 0 Å². The Morgan fingerprint density at radius 2 is 1.71 bits per heavy atom. The van der Waals surface area contributed by atoms with E-state index >= 15 is 0 Å². The molecule has 0 spiro atoms. The van der Waals surface area contributed by atoms with Crippen molar-refractivity contribution in [2.45, 2.75) is 20.4 Å². The van der Waals surface area contributed by atoms with Crippen molar-refractivity contribution in [3.63, 3.8) is 0 Å². The Bertz CT molecular complexity index is 1410. The molecule has 0 fully saturated rings. The Kier molecular flexibility index (Phi) is 6.92. The third kappa shape index (κ3) is 4.63. The van der Waals surface area contributed by atoms with Crippen LogP contribution in [-0.4, -0.2) is 38.0 Å². The lowest BCUT2D eigenvalue weighted by Crippen LogP contribution is -2.23. The molecule has 3 aromatic carbocycles. The van der Waals surface area contributed by atoms with Gasteiger partial charge in [0.05, 0.1) is 18.1 Å². The highest BCUT2D eigenvalue weighted by molar-refractivity contribution is 5.94. The molecule has 9 nitrogen and oxygen atoms in total. The van der Waals surface area contributed by atoms with E-state index in [0.29, 0.717) is 23.6 Å². The Labute approximate surface area is 196 Å². The average Bonchev–Trinajstić information content (AvgIpc) is 3.40. The Hall–Kier alpha value is -4.53. The lowest BCUT2D eigenvalue weighted by atomic mass is 10.1. The van der Waals surface area contributed by atoms with Gasteiger partial charge in [-0.3, -0.25) is 4.79 Å². The van der Waals surface area contributed by atoms with Crippen molar-refractivity contribution in [3.05, 3.63) is 83.9 Å². The number of methoxy groups -OCH3 is 1. The number of amides is 1. The lowest BCUT2D eigenvalue weighted by molar-refractivity contribution is 0.0950. The number of ether oxygens (including phenoxy) is 1. The second-order valence-corrected chi connectivity index (χ2v) is 7.06. The highest BCUT2D eigenvalue weighted by Crippen LogP contribution is 2.23. The van der Waals surface area contributed by atoms with Crippen molar-refractivity contribution in [2.24, 2.45) is 0 Å². The molecule has 0 saturated carbocycles. The van der Waals surface area contributed by atoms with Crippen molar-refractivity contribution >= 4 is 34.1 Å². The zero-order valence-corrected chi connectivity index (χ0v) is 19.2. The summed E-state index contributed by atoms with van der Waals surface area (Å²) in [7, 11) is 1.61. The standard InChI is InChI=1S/C23H19N7O2.C2H6/c1-32-20-9-5-2-6-16(20)14-24-23(31)15-10-12-17(13-11-15)25-21-22-27-28-29-30(22)19-8-4-3-7-18(19)26-21;1-2/h2-13H,14H2,1H3,(H,24,31)(H,25,26);1-2H3. The van der Waals surface area contributed by atoms with Crippen LogP contribution >= 0.6 is 0 Å². The molecule has 1 amide bonds. The van der Waals surface area contributed by atoms with Crippen LogP contribution in [-0.2, 0) is 6.54 Å². The minimum absolute atomic E-state index is 0.171. The third-order valence-electron chi connectivity index (χ3n) is 5.07. The summed E-state index contributed by atoms with van der Waals surface area (Å²) in [5.74, 6) is 1.10. The van der Waals surface area contributed by atoms with Crippen LogP contribution in [0.1, 0.15) is 29.8 Å². The second kappa shape index (κ2) is 10.4. The van der Waals surface area contributed by atoms with E-state index in [9.17, 15) is 4.79 Å². The van der Waals surface area contributed by atoms with Gasteiger partial charge in [0.25, 0.3) is 5.91 Å². The summed E-state index contributed by atoms with van der Waals surface area (Å²) in [6, 6.07) is 22.4. The predicted molar refractivity (Wildman–Crippen MR) is 131 cm³/mol. The quantitative estimate of drug-likeness (QED) is 0.391. The first-order valence-corrected chi connectivity index (χ1v) is 11.0. The first-order valence-electron chi connectivity index (χ1n) is 11.0. The number of hydrogen-bond acceptors (Lipinski definition) is 7. The van der Waals surface area contributed by atoms with Crippen LogP contribution in [0.5, 0.6) is 5.75 Å². The summed E-state index contributed by atoms with van der Waals surface area (Å²) in [5.41, 5.74) is 4.32. The number of rotatable bonds is 6. The fourth-order valence-corrected chi connectivity index (χ4v) is 3.46.